The minimum Gasteiger partial charge on any atom is -0.497 e. The van der Waals surface area contributed by atoms with E-state index in [4.69, 9.17) is 19.7 Å². The first-order chi connectivity index (χ1) is 12.4. The molecular weight excluding hydrogens is 342 g/mol. The molecule has 2 aromatic carbocycles. The smallest absolute Gasteiger partial charge is 0.338 e. The summed E-state index contributed by atoms with van der Waals surface area (Å²) in [5.74, 6) is -2.71. The van der Waals surface area contributed by atoms with Crippen LogP contribution in [0.4, 0.5) is 0 Å². The maximum Gasteiger partial charge on any atom is 0.338 e. The molecule has 3 N–H and O–H groups in total. The van der Waals surface area contributed by atoms with Gasteiger partial charge in [0, 0.05) is 12.0 Å². The Morgan fingerprint density at radius 1 is 1.04 bits per heavy atom. The fraction of sp³-hybridized carbons (Fsp3) is 0.278. The maximum atomic E-state index is 12.0. The Hall–Kier alpha value is -3.29. The molecule has 8 heteroatoms. The molecule has 2 rings (SSSR count). The summed E-state index contributed by atoms with van der Waals surface area (Å²) in [7, 11) is 3.06. The van der Waals surface area contributed by atoms with E-state index in [-0.39, 0.29) is 12.8 Å². The molecule has 0 saturated carbocycles. The van der Waals surface area contributed by atoms with Gasteiger partial charge in [-0.15, -0.1) is 0 Å². The number of carbonyl (C=O) groups excluding carboxylic acids is 1. The van der Waals surface area contributed by atoms with Gasteiger partial charge in [-0.05, 0) is 35.4 Å². The Labute approximate surface area is 149 Å². The van der Waals surface area contributed by atoms with Gasteiger partial charge in [0.05, 0.1) is 14.2 Å². The predicted molar refractivity (Wildman–Crippen MR) is 92.6 cm³/mol. The lowest BCUT2D eigenvalue weighted by Crippen LogP contribution is -2.46. The Balaban J connectivity index is 2.25. The average molecular weight is 361 g/mol. The van der Waals surface area contributed by atoms with Gasteiger partial charge in [0.1, 0.15) is 11.5 Å². The predicted octanol–water partition coefficient (Wildman–Crippen LogP) is 1.44. The summed E-state index contributed by atoms with van der Waals surface area (Å²) in [6, 6.07) is 7.19. The SMILES string of the molecule is COc1ccc2ccc(OC)c(CCC(=O)NC(C(=O)O)C(=O)O)c2c1. The van der Waals surface area contributed by atoms with Crippen LogP contribution in [0.2, 0.25) is 0 Å². The van der Waals surface area contributed by atoms with Crippen LogP contribution in [-0.4, -0.2) is 48.3 Å². The number of hydrogen-bond donors (Lipinski definition) is 3. The molecule has 0 bridgehead atoms. The van der Waals surface area contributed by atoms with Crippen molar-refractivity contribution >= 4 is 28.6 Å². The summed E-state index contributed by atoms with van der Waals surface area (Å²) in [6.45, 7) is 0. The summed E-state index contributed by atoms with van der Waals surface area (Å²) in [6.07, 6.45) is 0.148. The van der Waals surface area contributed by atoms with Crippen molar-refractivity contribution in [3.05, 3.63) is 35.9 Å². The number of rotatable bonds is 8. The monoisotopic (exact) mass is 361 g/mol. The second-order valence-electron chi connectivity index (χ2n) is 5.51. The van der Waals surface area contributed by atoms with Gasteiger partial charge in [0.25, 0.3) is 0 Å². The quantitative estimate of drug-likeness (QED) is 0.608. The van der Waals surface area contributed by atoms with E-state index in [0.29, 0.717) is 11.5 Å². The molecule has 1 amide bonds. The van der Waals surface area contributed by atoms with E-state index < -0.39 is 23.9 Å². The number of hydrogen-bond acceptors (Lipinski definition) is 5. The molecule has 0 aliphatic heterocycles. The number of nitrogens with one attached hydrogen (secondary N) is 1. The highest BCUT2D eigenvalue weighted by molar-refractivity contribution is 6.00. The number of amides is 1. The molecule has 2 aromatic rings. The molecular formula is C18H19NO7. The molecule has 0 aliphatic carbocycles. The van der Waals surface area contributed by atoms with Crippen LogP contribution in [0.3, 0.4) is 0 Å². The van der Waals surface area contributed by atoms with E-state index in [2.05, 4.69) is 0 Å². The number of carboxylic acids is 2. The van der Waals surface area contributed by atoms with E-state index in [9.17, 15) is 14.4 Å². The number of benzene rings is 2. The van der Waals surface area contributed by atoms with Gasteiger partial charge >= 0.3 is 11.9 Å². The third-order valence-electron chi connectivity index (χ3n) is 3.92. The first-order valence-corrected chi connectivity index (χ1v) is 7.76. The molecule has 0 aliphatic rings. The van der Waals surface area contributed by atoms with Crippen LogP contribution in [-0.2, 0) is 20.8 Å². The molecule has 0 spiro atoms. The van der Waals surface area contributed by atoms with E-state index in [1.807, 2.05) is 29.6 Å². The molecule has 8 nitrogen and oxygen atoms in total. The van der Waals surface area contributed by atoms with Crippen molar-refractivity contribution in [2.24, 2.45) is 0 Å². The lowest BCUT2D eigenvalue weighted by atomic mass is 9.99. The standard InChI is InChI=1S/C18H19NO7/c1-25-11-5-3-10-4-7-14(26-2)12(13(10)9-11)6-8-15(20)19-16(17(21)22)18(23)24/h3-5,7,9,16H,6,8H2,1-2H3,(H,19,20)(H,21,22)(H,23,24). The van der Waals surface area contributed by atoms with Crippen LogP contribution < -0.4 is 14.8 Å². The summed E-state index contributed by atoms with van der Waals surface area (Å²) >= 11 is 0. The van der Waals surface area contributed by atoms with Gasteiger partial charge in [0.15, 0.2) is 0 Å². The molecule has 0 saturated heterocycles. The molecule has 26 heavy (non-hydrogen) atoms. The van der Waals surface area contributed by atoms with Crippen molar-refractivity contribution in [1.82, 2.24) is 5.32 Å². The van der Waals surface area contributed by atoms with Gasteiger partial charge in [-0.1, -0.05) is 12.1 Å². The number of fused-ring (bicyclic) bond motifs is 1. The third-order valence-corrected chi connectivity index (χ3v) is 3.92. The number of aliphatic carboxylic acids is 2. The van der Waals surface area contributed by atoms with Crippen LogP contribution in [0, 0.1) is 0 Å². The van der Waals surface area contributed by atoms with Crippen molar-refractivity contribution in [1.29, 1.82) is 0 Å². The molecule has 0 fully saturated rings. The Morgan fingerprint density at radius 2 is 1.69 bits per heavy atom. The van der Waals surface area contributed by atoms with Crippen LogP contribution in [0.25, 0.3) is 10.8 Å². The first kappa shape index (κ1) is 19.0. The van der Waals surface area contributed by atoms with Gasteiger partial charge in [-0.2, -0.15) is 0 Å². The lowest BCUT2D eigenvalue weighted by Gasteiger charge is -2.14. The Morgan fingerprint density at radius 3 is 2.27 bits per heavy atom. The lowest BCUT2D eigenvalue weighted by molar-refractivity contribution is -0.153. The van der Waals surface area contributed by atoms with Gasteiger partial charge in [-0.3, -0.25) is 4.79 Å². The highest BCUT2D eigenvalue weighted by Gasteiger charge is 2.27. The van der Waals surface area contributed by atoms with Gasteiger partial charge in [-0.25, -0.2) is 9.59 Å². The van der Waals surface area contributed by atoms with Crippen LogP contribution in [0.1, 0.15) is 12.0 Å². The average Bonchev–Trinajstić information content (AvgIpc) is 2.62. The number of carbonyl (C=O) groups is 3. The second kappa shape index (κ2) is 8.19. The van der Waals surface area contributed by atoms with Crippen molar-refractivity contribution in [2.45, 2.75) is 18.9 Å². The van der Waals surface area contributed by atoms with Crippen molar-refractivity contribution in [3.63, 3.8) is 0 Å². The van der Waals surface area contributed by atoms with E-state index in [0.717, 1.165) is 16.3 Å². The number of carboxylic acid groups (broad SMARTS) is 2. The summed E-state index contributed by atoms with van der Waals surface area (Å²) in [5, 5.41) is 21.4. The van der Waals surface area contributed by atoms with Crippen molar-refractivity contribution in [2.75, 3.05) is 14.2 Å². The third kappa shape index (κ3) is 4.21. The zero-order chi connectivity index (χ0) is 19.3. The number of aryl methyl sites for hydroxylation is 1. The van der Waals surface area contributed by atoms with Crippen LogP contribution >= 0.6 is 0 Å². The molecule has 0 atom stereocenters. The summed E-state index contributed by atoms with van der Waals surface area (Å²) in [4.78, 5) is 33.7. The highest BCUT2D eigenvalue weighted by atomic mass is 16.5. The van der Waals surface area contributed by atoms with E-state index in [1.165, 1.54) is 7.11 Å². The van der Waals surface area contributed by atoms with Crippen LogP contribution in [0.5, 0.6) is 11.5 Å². The first-order valence-electron chi connectivity index (χ1n) is 7.76. The molecule has 0 radical (unpaired) electrons. The largest absolute Gasteiger partial charge is 0.497 e. The zero-order valence-electron chi connectivity index (χ0n) is 14.3. The number of methoxy groups -OCH3 is 2. The summed E-state index contributed by atoms with van der Waals surface area (Å²) in [5.41, 5.74) is 0.751. The summed E-state index contributed by atoms with van der Waals surface area (Å²) < 4.78 is 10.6. The highest BCUT2D eigenvalue weighted by Crippen LogP contribution is 2.31. The number of ether oxygens (including phenoxy) is 2. The normalized spacial score (nSPS) is 10.6. The topological polar surface area (TPSA) is 122 Å². The second-order valence-corrected chi connectivity index (χ2v) is 5.51. The Kier molecular flexibility index (Phi) is 6.00. The van der Waals surface area contributed by atoms with Gasteiger partial charge in [0.2, 0.25) is 11.9 Å². The zero-order valence-corrected chi connectivity index (χ0v) is 14.3. The van der Waals surface area contributed by atoms with E-state index in [1.54, 1.807) is 13.2 Å². The molecule has 0 aromatic heterocycles. The van der Waals surface area contributed by atoms with Crippen molar-refractivity contribution < 1.29 is 34.1 Å². The Bertz CT molecular complexity index is 828. The minimum atomic E-state index is -1.97. The fourth-order valence-corrected chi connectivity index (χ4v) is 2.62. The molecule has 138 valence electrons. The maximum absolute atomic E-state index is 12.0. The van der Waals surface area contributed by atoms with Crippen LogP contribution in [0.15, 0.2) is 30.3 Å². The van der Waals surface area contributed by atoms with E-state index >= 15 is 0 Å². The minimum absolute atomic E-state index is 0.0935. The molecule has 0 unspecified atom stereocenters. The molecule has 0 heterocycles. The van der Waals surface area contributed by atoms with Gasteiger partial charge < -0.3 is 25.0 Å². The van der Waals surface area contributed by atoms with Crippen molar-refractivity contribution in [3.8, 4) is 11.5 Å². The fourth-order valence-electron chi connectivity index (χ4n) is 2.62.